The number of ether oxygens (including phenoxy) is 1. The maximum atomic E-state index is 9.67. The van der Waals surface area contributed by atoms with E-state index in [1.807, 2.05) is 24.3 Å². The van der Waals surface area contributed by atoms with Crippen LogP contribution in [0.3, 0.4) is 0 Å². The highest BCUT2D eigenvalue weighted by molar-refractivity contribution is 6.30. The van der Waals surface area contributed by atoms with E-state index in [0.717, 1.165) is 16.9 Å². The maximum absolute atomic E-state index is 9.67. The fourth-order valence-corrected chi connectivity index (χ4v) is 2.07. The lowest BCUT2D eigenvalue weighted by atomic mass is 10.1. The maximum Gasteiger partial charge on any atom is 0.123 e. The van der Waals surface area contributed by atoms with Gasteiger partial charge in [0.1, 0.15) is 11.5 Å². The number of phenols is 1. The number of benzene rings is 2. The van der Waals surface area contributed by atoms with Crippen molar-refractivity contribution in [3.8, 4) is 11.5 Å². The Balaban J connectivity index is 2.00. The monoisotopic (exact) mass is 277 g/mol. The molecular formula is C15H16ClNO2. The van der Waals surface area contributed by atoms with Crippen molar-refractivity contribution in [1.29, 1.82) is 0 Å². The Morgan fingerprint density at radius 1 is 1.11 bits per heavy atom. The van der Waals surface area contributed by atoms with E-state index in [1.54, 1.807) is 25.3 Å². The molecule has 0 saturated carbocycles. The summed E-state index contributed by atoms with van der Waals surface area (Å²) in [5.41, 5.74) is 1.86. The Morgan fingerprint density at radius 2 is 1.84 bits per heavy atom. The highest BCUT2D eigenvalue weighted by Gasteiger charge is 2.04. The zero-order valence-corrected chi connectivity index (χ0v) is 11.4. The van der Waals surface area contributed by atoms with Crippen molar-refractivity contribution in [2.75, 3.05) is 7.11 Å². The number of para-hydroxylation sites is 1. The van der Waals surface area contributed by atoms with Crippen LogP contribution in [-0.4, -0.2) is 12.2 Å². The molecule has 0 bridgehead atoms. The van der Waals surface area contributed by atoms with E-state index in [-0.39, 0.29) is 0 Å². The van der Waals surface area contributed by atoms with Gasteiger partial charge in [-0.05, 0) is 24.3 Å². The minimum absolute atomic E-state index is 0.299. The van der Waals surface area contributed by atoms with Crippen LogP contribution in [0, 0.1) is 0 Å². The Labute approximate surface area is 117 Å². The van der Waals surface area contributed by atoms with Crippen molar-refractivity contribution in [3.05, 3.63) is 58.6 Å². The van der Waals surface area contributed by atoms with Crippen LogP contribution in [-0.2, 0) is 13.1 Å². The molecule has 0 spiro atoms. The third-order valence-electron chi connectivity index (χ3n) is 2.86. The van der Waals surface area contributed by atoms with Crippen molar-refractivity contribution in [1.82, 2.24) is 5.32 Å². The average molecular weight is 278 g/mol. The smallest absolute Gasteiger partial charge is 0.123 e. The fraction of sp³-hybridized carbons (Fsp3) is 0.200. The summed E-state index contributed by atoms with van der Waals surface area (Å²) in [6.07, 6.45) is 0. The lowest BCUT2D eigenvalue weighted by Crippen LogP contribution is -2.13. The predicted octanol–water partition coefficient (Wildman–Crippen LogP) is 3.34. The molecule has 2 aromatic carbocycles. The van der Waals surface area contributed by atoms with E-state index in [9.17, 15) is 5.11 Å². The van der Waals surface area contributed by atoms with Crippen LogP contribution in [0.5, 0.6) is 11.5 Å². The molecule has 0 fully saturated rings. The molecule has 100 valence electrons. The second kappa shape index (κ2) is 6.45. The van der Waals surface area contributed by atoms with Crippen LogP contribution >= 0.6 is 11.6 Å². The molecule has 0 aromatic heterocycles. The Hall–Kier alpha value is -1.71. The highest BCUT2D eigenvalue weighted by atomic mass is 35.5. The summed E-state index contributed by atoms with van der Waals surface area (Å²) in [5, 5.41) is 13.6. The van der Waals surface area contributed by atoms with Crippen LogP contribution < -0.4 is 10.1 Å². The predicted molar refractivity (Wildman–Crippen MR) is 76.7 cm³/mol. The molecule has 0 aliphatic carbocycles. The summed E-state index contributed by atoms with van der Waals surface area (Å²) in [4.78, 5) is 0. The number of hydrogen-bond acceptors (Lipinski definition) is 3. The molecule has 19 heavy (non-hydrogen) atoms. The average Bonchev–Trinajstić information content (AvgIpc) is 2.41. The number of aromatic hydroxyl groups is 1. The van der Waals surface area contributed by atoms with Gasteiger partial charge in [0.05, 0.1) is 7.11 Å². The molecule has 3 nitrogen and oxygen atoms in total. The molecule has 0 aliphatic rings. The van der Waals surface area contributed by atoms with Gasteiger partial charge in [-0.2, -0.15) is 0 Å². The topological polar surface area (TPSA) is 41.5 Å². The van der Waals surface area contributed by atoms with Crippen LogP contribution in [0.1, 0.15) is 11.1 Å². The van der Waals surface area contributed by atoms with E-state index < -0.39 is 0 Å². The number of phenolic OH excluding ortho intramolecular Hbond substituents is 1. The normalized spacial score (nSPS) is 10.4. The largest absolute Gasteiger partial charge is 0.508 e. The van der Waals surface area contributed by atoms with Crippen LogP contribution in [0.4, 0.5) is 0 Å². The van der Waals surface area contributed by atoms with Gasteiger partial charge in [0.15, 0.2) is 0 Å². The Kier molecular flexibility index (Phi) is 4.66. The van der Waals surface area contributed by atoms with E-state index in [2.05, 4.69) is 5.32 Å². The van der Waals surface area contributed by atoms with Gasteiger partial charge in [-0.3, -0.25) is 0 Å². The third kappa shape index (κ3) is 3.63. The summed E-state index contributed by atoms with van der Waals surface area (Å²) < 4.78 is 5.28. The second-order valence-corrected chi connectivity index (χ2v) is 4.62. The van der Waals surface area contributed by atoms with Gasteiger partial charge in [-0.25, -0.2) is 0 Å². The third-order valence-corrected chi connectivity index (χ3v) is 3.10. The summed E-state index contributed by atoms with van der Waals surface area (Å²) in [6.45, 7) is 1.21. The molecule has 0 heterocycles. The molecule has 0 unspecified atom stereocenters. The summed E-state index contributed by atoms with van der Waals surface area (Å²) in [5.74, 6) is 1.10. The molecule has 0 atom stereocenters. The zero-order chi connectivity index (χ0) is 13.7. The van der Waals surface area contributed by atoms with Crippen LogP contribution in [0.15, 0.2) is 42.5 Å². The van der Waals surface area contributed by atoms with Crippen LogP contribution in [0.25, 0.3) is 0 Å². The SMILES string of the molecule is COc1ccc(Cl)cc1CNCc1ccccc1O. The minimum atomic E-state index is 0.299. The molecule has 0 saturated heterocycles. The second-order valence-electron chi connectivity index (χ2n) is 4.19. The first-order chi connectivity index (χ1) is 9.20. The van der Waals surface area contributed by atoms with Gasteiger partial charge in [0.25, 0.3) is 0 Å². The molecule has 2 rings (SSSR count). The van der Waals surface area contributed by atoms with Crippen molar-refractivity contribution in [2.45, 2.75) is 13.1 Å². The minimum Gasteiger partial charge on any atom is -0.508 e. The van der Waals surface area contributed by atoms with Gasteiger partial charge in [-0.1, -0.05) is 29.8 Å². The zero-order valence-electron chi connectivity index (χ0n) is 10.7. The lowest BCUT2D eigenvalue weighted by Gasteiger charge is -2.10. The van der Waals surface area contributed by atoms with Crippen molar-refractivity contribution in [2.24, 2.45) is 0 Å². The quantitative estimate of drug-likeness (QED) is 0.881. The number of rotatable bonds is 5. The Morgan fingerprint density at radius 3 is 2.58 bits per heavy atom. The van der Waals surface area contributed by atoms with E-state index in [1.165, 1.54) is 0 Å². The van der Waals surface area contributed by atoms with Gasteiger partial charge in [-0.15, -0.1) is 0 Å². The lowest BCUT2D eigenvalue weighted by molar-refractivity contribution is 0.407. The molecule has 0 radical (unpaired) electrons. The fourth-order valence-electron chi connectivity index (χ4n) is 1.88. The number of methoxy groups -OCH3 is 1. The van der Waals surface area contributed by atoms with Crippen molar-refractivity contribution < 1.29 is 9.84 Å². The number of hydrogen-bond donors (Lipinski definition) is 2. The van der Waals surface area contributed by atoms with Crippen LogP contribution in [0.2, 0.25) is 5.02 Å². The summed E-state index contributed by atoms with van der Waals surface area (Å²) in [7, 11) is 1.63. The molecule has 0 amide bonds. The number of nitrogens with one attached hydrogen (secondary N) is 1. The standard InChI is InChI=1S/C15H16ClNO2/c1-19-15-7-6-13(16)8-12(15)10-17-9-11-4-2-3-5-14(11)18/h2-8,17-18H,9-10H2,1H3. The van der Waals surface area contributed by atoms with E-state index in [4.69, 9.17) is 16.3 Å². The van der Waals surface area contributed by atoms with E-state index in [0.29, 0.717) is 23.9 Å². The van der Waals surface area contributed by atoms with Gasteiger partial charge in [0, 0.05) is 29.2 Å². The first-order valence-corrected chi connectivity index (χ1v) is 6.38. The molecule has 2 aromatic rings. The van der Waals surface area contributed by atoms with Crippen molar-refractivity contribution in [3.63, 3.8) is 0 Å². The van der Waals surface area contributed by atoms with Gasteiger partial charge >= 0.3 is 0 Å². The summed E-state index contributed by atoms with van der Waals surface area (Å²) >= 11 is 5.97. The highest BCUT2D eigenvalue weighted by Crippen LogP contribution is 2.22. The van der Waals surface area contributed by atoms with Gasteiger partial charge in [0.2, 0.25) is 0 Å². The molecule has 4 heteroatoms. The van der Waals surface area contributed by atoms with Gasteiger partial charge < -0.3 is 15.2 Å². The molecule has 0 aliphatic heterocycles. The number of halogens is 1. The Bertz CT molecular complexity index is 558. The first-order valence-electron chi connectivity index (χ1n) is 6.00. The molecular weight excluding hydrogens is 262 g/mol. The molecule has 2 N–H and O–H groups in total. The summed E-state index contributed by atoms with van der Waals surface area (Å²) in [6, 6.07) is 12.8. The van der Waals surface area contributed by atoms with Crippen molar-refractivity contribution >= 4 is 11.6 Å². The first kappa shape index (κ1) is 13.7. The van der Waals surface area contributed by atoms with E-state index >= 15 is 0 Å².